The van der Waals surface area contributed by atoms with Crippen molar-refractivity contribution in [1.29, 1.82) is 0 Å². The molecule has 138 valence electrons. The summed E-state index contributed by atoms with van der Waals surface area (Å²) in [6, 6.07) is 1.13. The number of nitrogens with zero attached hydrogens (tertiary/aromatic N) is 1. The standard InChI is InChI=1S/C20H35NO3/c1-4-23-20(22)12-21(17-7-5-6-8-17)18-9-15-11-19(14(2)3)24-13-16(15)10-18/h14-19H,4-13H2,1-3H3/t15-,16+,18-,19-/m0/s1. The first-order valence-corrected chi connectivity index (χ1v) is 10.1. The van der Waals surface area contributed by atoms with E-state index in [2.05, 4.69) is 18.7 Å². The van der Waals surface area contributed by atoms with Gasteiger partial charge in [0.05, 0.1) is 25.9 Å². The van der Waals surface area contributed by atoms with Gasteiger partial charge in [0.2, 0.25) is 0 Å². The lowest BCUT2D eigenvalue weighted by atomic mass is 9.85. The fourth-order valence-electron chi connectivity index (χ4n) is 5.17. The topological polar surface area (TPSA) is 38.8 Å². The molecule has 0 aromatic heterocycles. The van der Waals surface area contributed by atoms with E-state index in [9.17, 15) is 4.79 Å². The highest BCUT2D eigenvalue weighted by Crippen LogP contribution is 2.43. The average molecular weight is 338 g/mol. The first-order chi connectivity index (χ1) is 11.6. The van der Waals surface area contributed by atoms with Crippen LogP contribution in [-0.2, 0) is 14.3 Å². The highest BCUT2D eigenvalue weighted by atomic mass is 16.5. The molecular weight excluding hydrogens is 302 g/mol. The smallest absolute Gasteiger partial charge is 0.320 e. The van der Waals surface area contributed by atoms with Crippen molar-refractivity contribution < 1.29 is 14.3 Å². The summed E-state index contributed by atoms with van der Waals surface area (Å²) in [6.07, 6.45) is 9.18. The highest BCUT2D eigenvalue weighted by Gasteiger charge is 2.43. The minimum absolute atomic E-state index is 0.0458. The van der Waals surface area contributed by atoms with Gasteiger partial charge in [-0.05, 0) is 56.8 Å². The quantitative estimate of drug-likeness (QED) is 0.694. The van der Waals surface area contributed by atoms with E-state index >= 15 is 0 Å². The van der Waals surface area contributed by atoms with E-state index in [0.29, 0.717) is 43.2 Å². The van der Waals surface area contributed by atoms with Gasteiger partial charge in [-0.1, -0.05) is 26.7 Å². The normalized spacial score (nSPS) is 34.0. The van der Waals surface area contributed by atoms with Gasteiger partial charge in [0.25, 0.3) is 0 Å². The van der Waals surface area contributed by atoms with E-state index in [1.165, 1.54) is 44.9 Å². The van der Waals surface area contributed by atoms with Gasteiger partial charge in [-0.2, -0.15) is 0 Å². The molecule has 0 aromatic carbocycles. The van der Waals surface area contributed by atoms with E-state index in [4.69, 9.17) is 9.47 Å². The van der Waals surface area contributed by atoms with Gasteiger partial charge in [0.15, 0.2) is 0 Å². The molecule has 0 spiro atoms. The van der Waals surface area contributed by atoms with Crippen LogP contribution in [0.25, 0.3) is 0 Å². The molecule has 0 unspecified atom stereocenters. The largest absolute Gasteiger partial charge is 0.465 e. The Morgan fingerprint density at radius 3 is 2.50 bits per heavy atom. The maximum Gasteiger partial charge on any atom is 0.320 e. The molecule has 2 saturated carbocycles. The number of rotatable bonds is 6. The van der Waals surface area contributed by atoms with Crippen LogP contribution in [0.5, 0.6) is 0 Å². The van der Waals surface area contributed by atoms with Gasteiger partial charge < -0.3 is 9.47 Å². The van der Waals surface area contributed by atoms with Gasteiger partial charge in [0, 0.05) is 12.1 Å². The first kappa shape index (κ1) is 18.2. The van der Waals surface area contributed by atoms with Crippen molar-refractivity contribution in [3.8, 4) is 0 Å². The van der Waals surface area contributed by atoms with E-state index in [1.54, 1.807) is 0 Å². The zero-order valence-corrected chi connectivity index (χ0v) is 15.7. The van der Waals surface area contributed by atoms with Crippen LogP contribution >= 0.6 is 0 Å². The molecule has 2 aliphatic carbocycles. The molecule has 0 bridgehead atoms. The second-order valence-electron chi connectivity index (χ2n) is 8.41. The third-order valence-corrected chi connectivity index (χ3v) is 6.50. The average Bonchev–Trinajstić information content (AvgIpc) is 3.21. The van der Waals surface area contributed by atoms with Gasteiger partial charge in [-0.3, -0.25) is 9.69 Å². The van der Waals surface area contributed by atoms with Crippen molar-refractivity contribution in [3.63, 3.8) is 0 Å². The summed E-state index contributed by atoms with van der Waals surface area (Å²) in [6.45, 7) is 8.31. The number of ether oxygens (including phenoxy) is 2. The number of carbonyl (C=O) groups excluding carboxylic acids is 1. The molecule has 24 heavy (non-hydrogen) atoms. The number of carbonyl (C=O) groups is 1. The summed E-state index contributed by atoms with van der Waals surface area (Å²) in [4.78, 5) is 14.6. The molecule has 4 atom stereocenters. The lowest BCUT2D eigenvalue weighted by Crippen LogP contribution is -2.44. The molecule has 0 aromatic rings. The lowest BCUT2D eigenvalue weighted by molar-refractivity contribution is -0.145. The molecule has 4 nitrogen and oxygen atoms in total. The third kappa shape index (κ3) is 4.13. The van der Waals surface area contributed by atoms with Gasteiger partial charge >= 0.3 is 5.97 Å². The van der Waals surface area contributed by atoms with Crippen LogP contribution in [-0.4, -0.2) is 48.8 Å². The Bertz CT molecular complexity index is 419. The Morgan fingerprint density at radius 1 is 1.12 bits per heavy atom. The van der Waals surface area contributed by atoms with Crippen molar-refractivity contribution in [1.82, 2.24) is 4.90 Å². The van der Waals surface area contributed by atoms with Gasteiger partial charge in [-0.25, -0.2) is 0 Å². The summed E-state index contributed by atoms with van der Waals surface area (Å²) in [5.41, 5.74) is 0. The molecule has 0 N–H and O–H groups in total. The summed E-state index contributed by atoms with van der Waals surface area (Å²) in [7, 11) is 0. The lowest BCUT2D eigenvalue weighted by Gasteiger charge is -2.34. The Morgan fingerprint density at radius 2 is 1.83 bits per heavy atom. The molecule has 0 amide bonds. The van der Waals surface area contributed by atoms with Gasteiger partial charge in [-0.15, -0.1) is 0 Å². The zero-order valence-electron chi connectivity index (χ0n) is 15.7. The first-order valence-electron chi connectivity index (χ1n) is 10.1. The summed E-state index contributed by atoms with van der Waals surface area (Å²) >= 11 is 0. The minimum atomic E-state index is -0.0458. The van der Waals surface area contributed by atoms with Crippen LogP contribution in [0, 0.1) is 17.8 Å². The van der Waals surface area contributed by atoms with Crippen molar-refractivity contribution in [3.05, 3.63) is 0 Å². The fourth-order valence-corrected chi connectivity index (χ4v) is 5.17. The number of hydrogen-bond acceptors (Lipinski definition) is 4. The maximum atomic E-state index is 12.1. The van der Waals surface area contributed by atoms with Crippen LogP contribution < -0.4 is 0 Å². The Kier molecular flexibility index (Phi) is 6.20. The van der Waals surface area contributed by atoms with Crippen molar-refractivity contribution in [2.45, 2.75) is 83.9 Å². The van der Waals surface area contributed by atoms with Crippen LogP contribution in [0.1, 0.15) is 65.7 Å². The highest BCUT2D eigenvalue weighted by molar-refractivity contribution is 5.71. The molecule has 3 fully saturated rings. The maximum absolute atomic E-state index is 12.1. The van der Waals surface area contributed by atoms with Crippen LogP contribution in [0.4, 0.5) is 0 Å². The Labute approximate surface area is 147 Å². The molecule has 1 heterocycles. The number of hydrogen-bond donors (Lipinski definition) is 0. The van der Waals surface area contributed by atoms with Crippen molar-refractivity contribution in [2.24, 2.45) is 17.8 Å². The Hall–Kier alpha value is -0.610. The van der Waals surface area contributed by atoms with Crippen molar-refractivity contribution >= 4 is 5.97 Å². The minimum Gasteiger partial charge on any atom is -0.465 e. The molecule has 4 heteroatoms. The SMILES string of the molecule is CCOC(=O)CN(C1CCCC1)[C@@H]1C[C@@H]2CO[C@H](C(C)C)C[C@@H]2C1. The summed E-state index contributed by atoms with van der Waals surface area (Å²) < 4.78 is 11.4. The zero-order chi connectivity index (χ0) is 17.1. The molecule has 0 radical (unpaired) electrons. The Balaban J connectivity index is 1.64. The third-order valence-electron chi connectivity index (χ3n) is 6.50. The van der Waals surface area contributed by atoms with Crippen LogP contribution in [0.2, 0.25) is 0 Å². The van der Waals surface area contributed by atoms with E-state index in [1.807, 2.05) is 6.92 Å². The second kappa shape index (κ2) is 8.18. The fraction of sp³-hybridized carbons (Fsp3) is 0.950. The van der Waals surface area contributed by atoms with Crippen molar-refractivity contribution in [2.75, 3.05) is 19.8 Å². The number of fused-ring (bicyclic) bond motifs is 1. The molecule has 1 saturated heterocycles. The van der Waals surface area contributed by atoms with E-state index < -0.39 is 0 Å². The van der Waals surface area contributed by atoms with E-state index in [0.717, 1.165) is 12.5 Å². The van der Waals surface area contributed by atoms with Gasteiger partial charge in [0.1, 0.15) is 0 Å². The predicted molar refractivity (Wildman–Crippen MR) is 94.8 cm³/mol. The van der Waals surface area contributed by atoms with Crippen LogP contribution in [0.3, 0.4) is 0 Å². The van der Waals surface area contributed by atoms with Crippen LogP contribution in [0.15, 0.2) is 0 Å². The molecule has 3 rings (SSSR count). The van der Waals surface area contributed by atoms with E-state index in [-0.39, 0.29) is 5.97 Å². The second-order valence-corrected chi connectivity index (χ2v) is 8.41. The number of esters is 1. The monoisotopic (exact) mass is 337 g/mol. The summed E-state index contributed by atoms with van der Waals surface area (Å²) in [5.74, 6) is 2.03. The predicted octanol–water partition coefficient (Wildman–Crippen LogP) is 3.63. The molecule has 1 aliphatic heterocycles. The summed E-state index contributed by atoms with van der Waals surface area (Å²) in [5, 5.41) is 0. The molecular formula is C20H35NO3. The molecule has 3 aliphatic rings.